The minimum atomic E-state index is -0.355. The molecule has 57 valence electrons. The van der Waals surface area contributed by atoms with Gasteiger partial charge in [-0.2, -0.15) is 0 Å². The van der Waals surface area contributed by atoms with E-state index in [0.29, 0.717) is 0 Å². The van der Waals surface area contributed by atoms with Gasteiger partial charge in [0, 0.05) is 10.2 Å². The molecule has 1 heterocycles. The summed E-state index contributed by atoms with van der Waals surface area (Å²) in [7, 11) is 3.41. The van der Waals surface area contributed by atoms with Crippen molar-refractivity contribution < 1.29 is 9.47 Å². The third kappa shape index (κ3) is 2.07. The van der Waals surface area contributed by atoms with Gasteiger partial charge >= 0.3 is 0 Å². The van der Waals surface area contributed by atoms with Crippen LogP contribution in [-0.2, 0) is 9.47 Å². The largest absolute Gasteiger partial charge is 0.348 e. The zero-order valence-electron chi connectivity index (χ0n) is 6.52. The second kappa shape index (κ2) is 3.03. The predicted molar refractivity (Wildman–Crippen MR) is 40.1 cm³/mol. The van der Waals surface area contributed by atoms with E-state index in [9.17, 15) is 0 Å². The first-order valence-corrected chi connectivity index (χ1v) is 4.31. The van der Waals surface area contributed by atoms with Crippen LogP contribution in [0.2, 0.25) is 6.04 Å². The SMILES string of the molecule is CC1(C)OCC(CC[Si])O1. The van der Waals surface area contributed by atoms with Crippen LogP contribution in [0.5, 0.6) is 0 Å². The van der Waals surface area contributed by atoms with E-state index in [1.165, 1.54) is 0 Å². The summed E-state index contributed by atoms with van der Waals surface area (Å²) in [6.07, 6.45) is 1.31. The maximum absolute atomic E-state index is 5.54. The molecular formula is C7H13O2Si. The summed E-state index contributed by atoms with van der Waals surface area (Å²) in [4.78, 5) is 0. The van der Waals surface area contributed by atoms with Crippen LogP contribution in [0.25, 0.3) is 0 Å². The molecule has 1 saturated heterocycles. The molecule has 1 aliphatic heterocycles. The Labute approximate surface area is 65.3 Å². The summed E-state index contributed by atoms with van der Waals surface area (Å²) < 4.78 is 10.9. The molecule has 0 aromatic carbocycles. The fourth-order valence-electron chi connectivity index (χ4n) is 1.07. The third-order valence-electron chi connectivity index (χ3n) is 1.53. The second-order valence-corrected chi connectivity index (χ2v) is 3.49. The summed E-state index contributed by atoms with van der Waals surface area (Å²) in [5.74, 6) is -0.355. The van der Waals surface area contributed by atoms with Gasteiger partial charge in [-0.05, 0) is 20.3 Å². The van der Waals surface area contributed by atoms with Crippen LogP contribution in [0.4, 0.5) is 0 Å². The van der Waals surface area contributed by atoms with Gasteiger partial charge in [0.2, 0.25) is 0 Å². The molecule has 0 saturated carbocycles. The van der Waals surface area contributed by atoms with Crippen molar-refractivity contribution in [2.75, 3.05) is 6.61 Å². The fraction of sp³-hybridized carbons (Fsp3) is 1.00. The molecule has 1 fully saturated rings. The normalized spacial score (nSPS) is 30.9. The van der Waals surface area contributed by atoms with E-state index in [4.69, 9.17) is 9.47 Å². The summed E-state index contributed by atoms with van der Waals surface area (Å²) in [6, 6.07) is 0.976. The van der Waals surface area contributed by atoms with Crippen molar-refractivity contribution in [2.24, 2.45) is 0 Å². The predicted octanol–water partition coefficient (Wildman–Crippen LogP) is 1.11. The molecule has 3 radical (unpaired) electrons. The van der Waals surface area contributed by atoms with Gasteiger partial charge < -0.3 is 9.47 Å². The van der Waals surface area contributed by atoms with E-state index in [0.717, 1.165) is 19.1 Å². The van der Waals surface area contributed by atoms with Gasteiger partial charge in [-0.1, -0.05) is 6.04 Å². The smallest absolute Gasteiger partial charge is 0.163 e. The summed E-state index contributed by atoms with van der Waals surface area (Å²) in [5, 5.41) is 0. The van der Waals surface area contributed by atoms with Gasteiger partial charge in [-0.25, -0.2) is 0 Å². The molecule has 0 aliphatic carbocycles. The minimum absolute atomic E-state index is 0.285. The number of hydrogen-bond acceptors (Lipinski definition) is 2. The second-order valence-electron chi connectivity index (χ2n) is 2.99. The average molecular weight is 157 g/mol. The van der Waals surface area contributed by atoms with Gasteiger partial charge in [-0.15, -0.1) is 0 Å². The lowest BCUT2D eigenvalue weighted by atomic mass is 10.3. The van der Waals surface area contributed by atoms with Crippen molar-refractivity contribution in [1.82, 2.24) is 0 Å². The lowest BCUT2D eigenvalue weighted by molar-refractivity contribution is -0.138. The molecule has 1 atom stereocenters. The van der Waals surface area contributed by atoms with Crippen LogP contribution < -0.4 is 0 Å². The van der Waals surface area contributed by atoms with Crippen molar-refractivity contribution in [1.29, 1.82) is 0 Å². The highest BCUT2D eigenvalue weighted by atomic mass is 28.1. The Morgan fingerprint density at radius 2 is 2.30 bits per heavy atom. The first-order valence-electron chi connectivity index (χ1n) is 3.60. The average Bonchev–Trinajstić information content (AvgIpc) is 2.12. The maximum Gasteiger partial charge on any atom is 0.163 e. The van der Waals surface area contributed by atoms with Crippen molar-refractivity contribution in [3.8, 4) is 0 Å². The standard InChI is InChI=1S/C7H13O2Si/c1-7(2)8-5-6(9-7)3-4-10/h6H,3-5H2,1-2H3. The monoisotopic (exact) mass is 157 g/mol. The third-order valence-corrected chi connectivity index (χ3v) is 1.82. The Morgan fingerprint density at radius 1 is 1.60 bits per heavy atom. The molecule has 10 heavy (non-hydrogen) atoms. The highest BCUT2D eigenvalue weighted by Gasteiger charge is 2.31. The van der Waals surface area contributed by atoms with E-state index < -0.39 is 0 Å². The Hall–Kier alpha value is 0.137. The zero-order chi connectivity index (χ0) is 7.61. The molecule has 1 aliphatic rings. The molecule has 2 nitrogen and oxygen atoms in total. The zero-order valence-corrected chi connectivity index (χ0v) is 7.52. The lowest BCUT2D eigenvalue weighted by Gasteiger charge is -2.16. The van der Waals surface area contributed by atoms with E-state index in [1.807, 2.05) is 13.8 Å². The quantitative estimate of drug-likeness (QED) is 0.559. The Balaban J connectivity index is 2.29. The number of ether oxygens (including phenoxy) is 2. The molecule has 0 amide bonds. The molecule has 0 N–H and O–H groups in total. The Bertz CT molecular complexity index is 114. The van der Waals surface area contributed by atoms with Crippen LogP contribution in [0.1, 0.15) is 20.3 Å². The van der Waals surface area contributed by atoms with Gasteiger partial charge in [0.15, 0.2) is 5.79 Å². The Morgan fingerprint density at radius 3 is 2.70 bits per heavy atom. The first kappa shape index (κ1) is 8.24. The Kier molecular flexibility index (Phi) is 2.49. The van der Waals surface area contributed by atoms with Gasteiger partial charge in [0.25, 0.3) is 0 Å². The first-order chi connectivity index (χ1) is 4.64. The number of rotatable bonds is 2. The number of hydrogen-bond donors (Lipinski definition) is 0. The molecule has 0 aromatic rings. The molecule has 0 aromatic heterocycles. The van der Waals surface area contributed by atoms with E-state index in [2.05, 4.69) is 10.2 Å². The summed E-state index contributed by atoms with van der Waals surface area (Å²) in [5.41, 5.74) is 0. The van der Waals surface area contributed by atoms with E-state index in [1.54, 1.807) is 0 Å². The van der Waals surface area contributed by atoms with Crippen LogP contribution in [0.3, 0.4) is 0 Å². The minimum Gasteiger partial charge on any atom is -0.348 e. The van der Waals surface area contributed by atoms with Crippen molar-refractivity contribution >= 4 is 10.2 Å². The van der Waals surface area contributed by atoms with Crippen molar-refractivity contribution in [3.05, 3.63) is 0 Å². The van der Waals surface area contributed by atoms with Gasteiger partial charge in [0.1, 0.15) is 0 Å². The highest BCUT2D eigenvalue weighted by Crippen LogP contribution is 2.24. The van der Waals surface area contributed by atoms with Crippen LogP contribution in [0.15, 0.2) is 0 Å². The maximum atomic E-state index is 5.54. The van der Waals surface area contributed by atoms with Crippen molar-refractivity contribution in [3.63, 3.8) is 0 Å². The highest BCUT2D eigenvalue weighted by molar-refractivity contribution is 6.08. The topological polar surface area (TPSA) is 18.5 Å². The summed E-state index contributed by atoms with van der Waals surface area (Å²) >= 11 is 0. The van der Waals surface area contributed by atoms with Gasteiger partial charge in [-0.3, -0.25) is 0 Å². The van der Waals surface area contributed by atoms with Crippen LogP contribution in [0, 0.1) is 0 Å². The molecular weight excluding hydrogens is 144 g/mol. The molecule has 0 bridgehead atoms. The molecule has 3 heteroatoms. The summed E-state index contributed by atoms with van der Waals surface area (Å²) in [6.45, 7) is 4.62. The van der Waals surface area contributed by atoms with Crippen molar-refractivity contribution in [2.45, 2.75) is 38.2 Å². The molecule has 0 spiro atoms. The lowest BCUT2D eigenvalue weighted by Crippen LogP contribution is -2.21. The van der Waals surface area contributed by atoms with E-state index in [-0.39, 0.29) is 11.9 Å². The van der Waals surface area contributed by atoms with Crippen LogP contribution in [-0.4, -0.2) is 28.7 Å². The molecule has 1 rings (SSSR count). The van der Waals surface area contributed by atoms with E-state index >= 15 is 0 Å². The fourth-order valence-corrected chi connectivity index (χ4v) is 1.39. The van der Waals surface area contributed by atoms with Crippen LogP contribution >= 0.6 is 0 Å². The molecule has 1 unspecified atom stereocenters. The van der Waals surface area contributed by atoms with Gasteiger partial charge in [0.05, 0.1) is 12.7 Å².